The highest BCUT2D eigenvalue weighted by Crippen LogP contribution is 2.51. The monoisotopic (exact) mass is 347 g/mol. The Morgan fingerprint density at radius 1 is 1.32 bits per heavy atom. The van der Waals surface area contributed by atoms with Crippen LogP contribution in [-0.4, -0.2) is 40.9 Å². The second-order valence-corrected chi connectivity index (χ2v) is 9.24. The van der Waals surface area contributed by atoms with Crippen LogP contribution in [-0.2, 0) is 14.3 Å². The molecular formula is C21H33NO3. The average Bonchev–Trinajstić information content (AvgIpc) is 2.97. The zero-order valence-corrected chi connectivity index (χ0v) is 16.2. The molecule has 140 valence electrons. The zero-order valence-electron chi connectivity index (χ0n) is 16.2. The molecule has 2 heterocycles. The number of carbonyl (C=O) groups excluding carboxylic acids is 2. The predicted octanol–water partition coefficient (Wildman–Crippen LogP) is 3.89. The number of carbonyl (C=O) groups is 2. The number of fused-ring (bicyclic) bond motifs is 2. The second-order valence-electron chi connectivity index (χ2n) is 9.24. The summed E-state index contributed by atoms with van der Waals surface area (Å²) in [6.07, 6.45) is 11.2. The van der Waals surface area contributed by atoms with Crippen LogP contribution < -0.4 is 0 Å². The van der Waals surface area contributed by atoms with Crippen LogP contribution in [0.1, 0.15) is 72.6 Å². The lowest BCUT2D eigenvalue weighted by atomic mass is 9.70. The van der Waals surface area contributed by atoms with Gasteiger partial charge in [0.1, 0.15) is 11.9 Å². The Morgan fingerprint density at radius 2 is 2.00 bits per heavy atom. The van der Waals surface area contributed by atoms with E-state index in [9.17, 15) is 9.59 Å². The maximum Gasteiger partial charge on any atom is 0.335 e. The number of hydrogen-bond donors (Lipinski definition) is 0. The highest BCUT2D eigenvalue weighted by molar-refractivity contribution is 5.89. The first-order valence-corrected chi connectivity index (χ1v) is 9.91. The summed E-state index contributed by atoms with van der Waals surface area (Å²) in [5, 5.41) is 0. The summed E-state index contributed by atoms with van der Waals surface area (Å²) >= 11 is 0. The smallest absolute Gasteiger partial charge is 0.335 e. The summed E-state index contributed by atoms with van der Waals surface area (Å²) in [6.45, 7) is 8.50. The minimum atomic E-state index is -0.462. The normalized spacial score (nSPS) is 34.3. The third-order valence-electron chi connectivity index (χ3n) is 6.46. The first-order chi connectivity index (χ1) is 11.8. The molecule has 3 rings (SSSR count). The molecule has 1 saturated carbocycles. The molecule has 0 radical (unpaired) electrons. The van der Waals surface area contributed by atoms with Gasteiger partial charge in [0, 0.05) is 29.6 Å². The van der Waals surface area contributed by atoms with Crippen LogP contribution in [0.2, 0.25) is 0 Å². The maximum absolute atomic E-state index is 12.6. The summed E-state index contributed by atoms with van der Waals surface area (Å²) in [5.41, 5.74) is 0.443. The molecule has 4 heteroatoms. The Bertz CT molecular complexity index is 562. The van der Waals surface area contributed by atoms with E-state index in [-0.39, 0.29) is 17.4 Å². The third kappa shape index (κ3) is 3.55. The van der Waals surface area contributed by atoms with Crippen LogP contribution >= 0.6 is 0 Å². The van der Waals surface area contributed by atoms with Crippen LogP contribution in [0, 0.1) is 11.8 Å². The highest BCUT2D eigenvalue weighted by Gasteiger charge is 2.53. The first kappa shape index (κ1) is 18.6. The van der Waals surface area contributed by atoms with Gasteiger partial charge in [-0.25, -0.2) is 4.79 Å². The third-order valence-corrected chi connectivity index (χ3v) is 6.46. The van der Waals surface area contributed by atoms with E-state index in [0.29, 0.717) is 18.5 Å². The van der Waals surface area contributed by atoms with E-state index in [1.54, 1.807) is 0 Å². The predicted molar refractivity (Wildman–Crippen MR) is 98.2 cm³/mol. The molecule has 1 aliphatic carbocycles. The van der Waals surface area contributed by atoms with Gasteiger partial charge in [-0.2, -0.15) is 0 Å². The van der Waals surface area contributed by atoms with Crippen molar-refractivity contribution in [2.45, 2.75) is 89.8 Å². The van der Waals surface area contributed by atoms with E-state index in [1.807, 2.05) is 20.8 Å². The Labute approximate surface area is 152 Å². The summed E-state index contributed by atoms with van der Waals surface area (Å²) in [5.74, 6) is 0.340. The molecule has 0 amide bonds. The molecule has 1 saturated heterocycles. The van der Waals surface area contributed by atoms with E-state index >= 15 is 0 Å². The number of hydrogen-bond acceptors (Lipinski definition) is 4. The van der Waals surface area contributed by atoms with Crippen molar-refractivity contribution in [3.8, 4) is 0 Å². The standard InChI is InChI=1S/C21H33NO3/c1-15(14-23)18-8-6-12-21(18)11-5-7-17-10-9-16(13-22(17)21)19(24)25-20(2,3)4/h9,14-15,17-18H,5-8,10-13H2,1-4H3/t15-,17-,18-,21-/m1/s1. The molecule has 2 fully saturated rings. The lowest BCUT2D eigenvalue weighted by Crippen LogP contribution is -2.61. The fourth-order valence-electron chi connectivity index (χ4n) is 5.45. The van der Waals surface area contributed by atoms with Crippen LogP contribution in [0.4, 0.5) is 0 Å². The molecule has 0 N–H and O–H groups in total. The van der Waals surface area contributed by atoms with Crippen molar-refractivity contribution in [3.63, 3.8) is 0 Å². The summed E-state index contributed by atoms with van der Waals surface area (Å²) in [6, 6.07) is 0.513. The Hall–Kier alpha value is -1.16. The fraction of sp³-hybridized carbons (Fsp3) is 0.810. The van der Waals surface area contributed by atoms with Crippen LogP contribution in [0.5, 0.6) is 0 Å². The van der Waals surface area contributed by atoms with Crippen molar-refractivity contribution in [2.75, 3.05) is 6.54 Å². The van der Waals surface area contributed by atoms with Gasteiger partial charge in [-0.1, -0.05) is 25.8 Å². The number of rotatable bonds is 3. The lowest BCUT2D eigenvalue weighted by Gasteiger charge is -2.55. The highest BCUT2D eigenvalue weighted by atomic mass is 16.6. The van der Waals surface area contributed by atoms with Crippen molar-refractivity contribution >= 4 is 12.3 Å². The number of aldehydes is 1. The molecule has 0 aromatic carbocycles. The fourth-order valence-corrected chi connectivity index (χ4v) is 5.45. The zero-order chi connectivity index (χ0) is 18.2. The summed E-state index contributed by atoms with van der Waals surface area (Å²) in [7, 11) is 0. The number of piperidine rings is 1. The van der Waals surface area contributed by atoms with Gasteiger partial charge in [0.05, 0.1) is 0 Å². The molecule has 4 atom stereocenters. The van der Waals surface area contributed by atoms with E-state index in [4.69, 9.17) is 4.74 Å². The minimum Gasteiger partial charge on any atom is -0.457 e. The topological polar surface area (TPSA) is 46.6 Å². The van der Waals surface area contributed by atoms with Crippen molar-refractivity contribution in [2.24, 2.45) is 11.8 Å². The van der Waals surface area contributed by atoms with Gasteiger partial charge >= 0.3 is 5.97 Å². The van der Waals surface area contributed by atoms with Crippen molar-refractivity contribution < 1.29 is 14.3 Å². The largest absolute Gasteiger partial charge is 0.457 e. The SMILES string of the molecule is C[C@H](C=O)[C@H]1CCC[C@]12CCC[C@@H]1CC=C(C(=O)OC(C)(C)C)CN12. The maximum atomic E-state index is 12.6. The van der Waals surface area contributed by atoms with Crippen LogP contribution in [0.15, 0.2) is 11.6 Å². The molecule has 2 aliphatic heterocycles. The minimum absolute atomic E-state index is 0.0946. The Kier molecular flexibility index (Phi) is 5.11. The van der Waals surface area contributed by atoms with Gasteiger partial charge < -0.3 is 9.53 Å². The lowest BCUT2D eigenvalue weighted by molar-refractivity contribution is -0.151. The van der Waals surface area contributed by atoms with Crippen molar-refractivity contribution in [1.82, 2.24) is 4.90 Å². The summed E-state index contributed by atoms with van der Waals surface area (Å²) in [4.78, 5) is 26.7. The average molecular weight is 347 g/mol. The molecule has 3 aliphatic rings. The van der Waals surface area contributed by atoms with Gasteiger partial charge in [-0.3, -0.25) is 4.90 Å². The molecule has 0 bridgehead atoms. The van der Waals surface area contributed by atoms with Gasteiger partial charge in [0.2, 0.25) is 0 Å². The molecule has 0 aromatic heterocycles. The quantitative estimate of drug-likeness (QED) is 0.574. The Balaban J connectivity index is 1.84. The van der Waals surface area contributed by atoms with Gasteiger partial charge in [0.15, 0.2) is 0 Å². The van der Waals surface area contributed by atoms with Gasteiger partial charge in [0.25, 0.3) is 0 Å². The van der Waals surface area contributed by atoms with Crippen molar-refractivity contribution in [1.29, 1.82) is 0 Å². The second kappa shape index (κ2) is 6.86. The van der Waals surface area contributed by atoms with Gasteiger partial charge in [-0.05, 0) is 58.8 Å². The van der Waals surface area contributed by atoms with Crippen molar-refractivity contribution in [3.05, 3.63) is 11.6 Å². The van der Waals surface area contributed by atoms with Crippen LogP contribution in [0.25, 0.3) is 0 Å². The molecule has 0 aromatic rings. The first-order valence-electron chi connectivity index (χ1n) is 9.91. The van der Waals surface area contributed by atoms with E-state index in [0.717, 1.165) is 37.5 Å². The molecule has 1 spiro atoms. The number of esters is 1. The number of ether oxygens (including phenoxy) is 1. The molecule has 4 nitrogen and oxygen atoms in total. The van der Waals surface area contributed by atoms with E-state index in [1.165, 1.54) is 19.3 Å². The van der Waals surface area contributed by atoms with E-state index in [2.05, 4.69) is 17.9 Å². The summed E-state index contributed by atoms with van der Waals surface area (Å²) < 4.78 is 5.61. The molecular weight excluding hydrogens is 314 g/mol. The van der Waals surface area contributed by atoms with Gasteiger partial charge in [-0.15, -0.1) is 0 Å². The number of nitrogens with zero attached hydrogens (tertiary/aromatic N) is 1. The molecule has 0 unspecified atom stereocenters. The van der Waals surface area contributed by atoms with Crippen LogP contribution in [0.3, 0.4) is 0 Å². The Morgan fingerprint density at radius 3 is 2.64 bits per heavy atom. The van der Waals surface area contributed by atoms with E-state index < -0.39 is 5.60 Å². The molecule has 25 heavy (non-hydrogen) atoms.